The first kappa shape index (κ1) is 14.5. The Morgan fingerprint density at radius 2 is 2.05 bits per heavy atom. The summed E-state index contributed by atoms with van der Waals surface area (Å²) in [6, 6.07) is 2.41. The van der Waals surface area contributed by atoms with Gasteiger partial charge >= 0.3 is 6.18 Å². The third-order valence-corrected chi connectivity index (χ3v) is 2.92. The summed E-state index contributed by atoms with van der Waals surface area (Å²) >= 11 is 0. The molecule has 0 saturated heterocycles. The number of halogens is 4. The van der Waals surface area contributed by atoms with Crippen molar-refractivity contribution in [3.8, 4) is 0 Å². The lowest BCUT2D eigenvalue weighted by atomic mass is 10.1. The molecule has 108 valence electrons. The number of alkyl halides is 3. The van der Waals surface area contributed by atoms with Crippen LogP contribution in [-0.4, -0.2) is 10.2 Å². The number of nitrogens with zero attached hydrogens (tertiary/aromatic N) is 1. The fourth-order valence-electron chi connectivity index (χ4n) is 1.80. The minimum absolute atomic E-state index is 0.105. The van der Waals surface area contributed by atoms with Crippen LogP contribution in [0.4, 0.5) is 17.6 Å². The van der Waals surface area contributed by atoms with Crippen molar-refractivity contribution in [3.05, 3.63) is 53.1 Å². The minimum Gasteiger partial charge on any atom is -0.306 e. The van der Waals surface area contributed by atoms with Crippen LogP contribution in [-0.2, 0) is 12.7 Å². The highest BCUT2D eigenvalue weighted by Crippen LogP contribution is 2.30. The summed E-state index contributed by atoms with van der Waals surface area (Å²) < 4.78 is 50.9. The number of aromatic amines is 1. The van der Waals surface area contributed by atoms with Gasteiger partial charge in [0.05, 0.1) is 11.8 Å². The summed E-state index contributed by atoms with van der Waals surface area (Å²) in [4.78, 5) is 0. The minimum atomic E-state index is -4.55. The Bertz CT molecular complexity index is 563. The van der Waals surface area contributed by atoms with E-state index >= 15 is 0 Å². The zero-order valence-electron chi connectivity index (χ0n) is 10.6. The number of H-pyrrole nitrogens is 1. The van der Waals surface area contributed by atoms with E-state index in [0.717, 1.165) is 17.7 Å². The molecule has 1 heterocycles. The Morgan fingerprint density at radius 1 is 1.30 bits per heavy atom. The van der Waals surface area contributed by atoms with E-state index in [9.17, 15) is 17.6 Å². The highest BCUT2D eigenvalue weighted by atomic mass is 19.4. The fourth-order valence-corrected chi connectivity index (χ4v) is 1.80. The van der Waals surface area contributed by atoms with Gasteiger partial charge in [-0.25, -0.2) is 4.39 Å². The summed E-state index contributed by atoms with van der Waals surface area (Å²) in [5, 5.41) is 9.45. The van der Waals surface area contributed by atoms with Gasteiger partial charge in [-0.2, -0.15) is 18.3 Å². The molecule has 7 heteroatoms. The van der Waals surface area contributed by atoms with E-state index in [-0.39, 0.29) is 18.2 Å². The summed E-state index contributed by atoms with van der Waals surface area (Å²) in [5.74, 6) is -0.896. The molecule has 0 bridgehead atoms. The molecule has 1 aromatic heterocycles. The van der Waals surface area contributed by atoms with Gasteiger partial charge < -0.3 is 5.32 Å². The number of benzene rings is 1. The molecule has 0 fully saturated rings. The molecule has 1 aromatic carbocycles. The molecule has 0 aliphatic heterocycles. The van der Waals surface area contributed by atoms with E-state index in [0.29, 0.717) is 6.07 Å². The first-order chi connectivity index (χ1) is 9.36. The quantitative estimate of drug-likeness (QED) is 0.846. The van der Waals surface area contributed by atoms with Crippen LogP contribution in [0.3, 0.4) is 0 Å². The predicted molar refractivity (Wildman–Crippen MR) is 65.2 cm³/mol. The number of aromatic nitrogens is 2. The molecular formula is C13H13F4N3. The van der Waals surface area contributed by atoms with Crippen molar-refractivity contribution >= 4 is 0 Å². The smallest absolute Gasteiger partial charge is 0.306 e. The van der Waals surface area contributed by atoms with Gasteiger partial charge in [0.25, 0.3) is 0 Å². The van der Waals surface area contributed by atoms with Gasteiger partial charge in [-0.1, -0.05) is 0 Å². The average Bonchev–Trinajstić information content (AvgIpc) is 2.88. The maximum absolute atomic E-state index is 13.2. The first-order valence-corrected chi connectivity index (χ1v) is 5.95. The molecule has 0 saturated carbocycles. The van der Waals surface area contributed by atoms with Crippen molar-refractivity contribution in [2.45, 2.75) is 25.7 Å². The van der Waals surface area contributed by atoms with Crippen LogP contribution in [0, 0.1) is 5.82 Å². The van der Waals surface area contributed by atoms with E-state index in [1.807, 2.05) is 6.92 Å². The molecule has 0 amide bonds. The molecule has 0 aliphatic rings. The van der Waals surface area contributed by atoms with E-state index in [2.05, 4.69) is 15.5 Å². The van der Waals surface area contributed by atoms with Crippen LogP contribution < -0.4 is 5.32 Å². The average molecular weight is 287 g/mol. The lowest BCUT2D eigenvalue weighted by Gasteiger charge is -2.13. The first-order valence-electron chi connectivity index (χ1n) is 5.95. The molecule has 2 aromatic rings. The van der Waals surface area contributed by atoms with Gasteiger partial charge in [-0.3, -0.25) is 5.10 Å². The Labute approximate surface area is 113 Å². The Balaban J connectivity index is 2.08. The van der Waals surface area contributed by atoms with Crippen molar-refractivity contribution in [1.82, 2.24) is 15.5 Å². The summed E-state index contributed by atoms with van der Waals surface area (Å²) in [7, 11) is 0. The molecule has 0 aliphatic carbocycles. The van der Waals surface area contributed by atoms with Crippen LogP contribution in [0.5, 0.6) is 0 Å². The maximum atomic E-state index is 13.2. The number of rotatable bonds is 4. The van der Waals surface area contributed by atoms with Crippen molar-refractivity contribution in [2.24, 2.45) is 0 Å². The lowest BCUT2D eigenvalue weighted by Crippen LogP contribution is -2.18. The van der Waals surface area contributed by atoms with Crippen LogP contribution in [0.2, 0.25) is 0 Å². The van der Waals surface area contributed by atoms with Gasteiger partial charge in [0.2, 0.25) is 0 Å². The second-order valence-electron chi connectivity index (χ2n) is 4.48. The van der Waals surface area contributed by atoms with Gasteiger partial charge in [0.1, 0.15) is 5.82 Å². The molecule has 20 heavy (non-hydrogen) atoms. The SMILES string of the molecule is CC(NCc1cc(F)cc(C(F)(F)F)c1)c1cn[nH]c1. The standard InChI is InChI=1S/C13H13F4N3/c1-8(10-6-19-20-7-10)18-5-9-2-11(13(15,16)17)4-12(14)3-9/h2-4,6-8,18H,5H2,1H3,(H,19,20). The predicted octanol–water partition coefficient (Wildman–Crippen LogP) is 3.42. The third kappa shape index (κ3) is 3.57. The van der Waals surface area contributed by atoms with Crippen molar-refractivity contribution in [3.63, 3.8) is 0 Å². The van der Waals surface area contributed by atoms with Crippen LogP contribution >= 0.6 is 0 Å². The second kappa shape index (κ2) is 5.62. The molecule has 3 nitrogen and oxygen atoms in total. The van der Waals surface area contributed by atoms with E-state index in [1.165, 1.54) is 0 Å². The highest BCUT2D eigenvalue weighted by Gasteiger charge is 2.31. The van der Waals surface area contributed by atoms with Crippen molar-refractivity contribution < 1.29 is 17.6 Å². The zero-order chi connectivity index (χ0) is 14.8. The summed E-state index contributed by atoms with van der Waals surface area (Å²) in [6.45, 7) is 1.97. The van der Waals surface area contributed by atoms with Gasteiger partial charge in [-0.05, 0) is 30.7 Å². The highest BCUT2D eigenvalue weighted by molar-refractivity contribution is 5.27. The molecule has 2 N–H and O–H groups in total. The largest absolute Gasteiger partial charge is 0.416 e. The molecule has 1 atom stereocenters. The van der Waals surface area contributed by atoms with Crippen molar-refractivity contribution in [1.29, 1.82) is 0 Å². The fraction of sp³-hybridized carbons (Fsp3) is 0.308. The molecule has 0 radical (unpaired) electrons. The molecule has 0 spiro atoms. The lowest BCUT2D eigenvalue weighted by molar-refractivity contribution is -0.137. The molecule has 2 rings (SSSR count). The van der Waals surface area contributed by atoms with E-state index in [1.54, 1.807) is 12.4 Å². The normalized spacial score (nSPS) is 13.4. The number of nitrogens with one attached hydrogen (secondary N) is 2. The number of hydrogen-bond acceptors (Lipinski definition) is 2. The van der Waals surface area contributed by atoms with Crippen LogP contribution in [0.1, 0.15) is 29.7 Å². The Kier molecular flexibility index (Phi) is 4.08. The molecular weight excluding hydrogens is 274 g/mol. The van der Waals surface area contributed by atoms with Crippen LogP contribution in [0.25, 0.3) is 0 Å². The summed E-state index contributed by atoms with van der Waals surface area (Å²) in [6.07, 6.45) is -1.25. The summed E-state index contributed by atoms with van der Waals surface area (Å²) in [5.41, 5.74) is 0.135. The van der Waals surface area contributed by atoms with Crippen LogP contribution in [0.15, 0.2) is 30.6 Å². The maximum Gasteiger partial charge on any atom is 0.416 e. The Hall–Kier alpha value is -1.89. The van der Waals surface area contributed by atoms with Gasteiger partial charge in [0.15, 0.2) is 0 Å². The van der Waals surface area contributed by atoms with E-state index < -0.39 is 17.6 Å². The van der Waals surface area contributed by atoms with Gasteiger partial charge in [0, 0.05) is 24.3 Å². The van der Waals surface area contributed by atoms with Gasteiger partial charge in [-0.15, -0.1) is 0 Å². The van der Waals surface area contributed by atoms with Crippen molar-refractivity contribution in [2.75, 3.05) is 0 Å². The monoisotopic (exact) mass is 287 g/mol. The second-order valence-corrected chi connectivity index (χ2v) is 4.48. The topological polar surface area (TPSA) is 40.7 Å². The zero-order valence-corrected chi connectivity index (χ0v) is 10.6. The Morgan fingerprint density at radius 3 is 2.65 bits per heavy atom. The van der Waals surface area contributed by atoms with E-state index in [4.69, 9.17) is 0 Å². The molecule has 1 unspecified atom stereocenters. The third-order valence-electron chi connectivity index (χ3n) is 2.92. The number of hydrogen-bond donors (Lipinski definition) is 2.